The Labute approximate surface area is 219 Å². The molecular formula is C26H36F6N4O2. The van der Waals surface area contributed by atoms with E-state index < -0.39 is 24.5 Å². The molecule has 1 aromatic carbocycles. The largest absolute Gasteiger partial charge is 0.434 e. The van der Waals surface area contributed by atoms with Crippen LogP contribution in [0.2, 0.25) is 0 Å². The molecule has 3 saturated heterocycles. The predicted molar refractivity (Wildman–Crippen MR) is 131 cm³/mol. The highest BCUT2D eigenvalue weighted by Gasteiger charge is 2.60. The van der Waals surface area contributed by atoms with Crippen LogP contribution in [0.4, 0.5) is 36.8 Å². The van der Waals surface area contributed by atoms with Gasteiger partial charge in [-0.3, -0.25) is 4.90 Å². The van der Waals surface area contributed by atoms with Crippen molar-refractivity contribution in [3.63, 3.8) is 0 Å². The summed E-state index contributed by atoms with van der Waals surface area (Å²) >= 11 is 0. The van der Waals surface area contributed by atoms with Crippen LogP contribution in [-0.2, 0) is 11.3 Å². The van der Waals surface area contributed by atoms with E-state index in [0.29, 0.717) is 19.4 Å². The number of hydrogen-bond donors (Lipinski definition) is 0. The second-order valence-electron chi connectivity index (χ2n) is 10.6. The molecule has 0 aliphatic carbocycles. The zero-order chi connectivity index (χ0) is 27.7. The molecule has 1 spiro atoms. The van der Waals surface area contributed by atoms with E-state index in [2.05, 4.69) is 51.5 Å². The van der Waals surface area contributed by atoms with Gasteiger partial charge in [-0.1, -0.05) is 19.1 Å². The second kappa shape index (κ2) is 11.1. The standard InChI is InChI=1S/C26H36F6N4O2/c1-3-33-13-15-34(16-14-33)21-17-19(2)5-6-20(21)18-36-10-4-7-24(36)8-11-35(12-9-24)23(37)38-22(25(27,28)29)26(30,31)32/h5-6,17,22H,3-4,7-16,18H2,1-2H3. The number of benzene rings is 1. The number of nitrogens with zero attached hydrogens (tertiary/aromatic N) is 4. The number of aryl methyl sites for hydroxylation is 1. The van der Waals surface area contributed by atoms with Crippen LogP contribution in [0.25, 0.3) is 0 Å². The summed E-state index contributed by atoms with van der Waals surface area (Å²) in [6.45, 7) is 10.8. The van der Waals surface area contributed by atoms with E-state index in [9.17, 15) is 31.1 Å². The number of alkyl halides is 6. The zero-order valence-corrected chi connectivity index (χ0v) is 21.9. The summed E-state index contributed by atoms with van der Waals surface area (Å²) in [6, 6.07) is 6.47. The first-order valence-corrected chi connectivity index (χ1v) is 13.2. The molecule has 1 aromatic rings. The van der Waals surface area contributed by atoms with Gasteiger partial charge in [0.2, 0.25) is 0 Å². The molecule has 0 radical (unpaired) electrons. The van der Waals surface area contributed by atoms with E-state index in [1.54, 1.807) is 0 Å². The molecule has 3 aliphatic heterocycles. The number of likely N-dealkylation sites (N-methyl/N-ethyl adjacent to an activating group) is 1. The molecule has 0 aromatic heterocycles. The van der Waals surface area contributed by atoms with Crippen LogP contribution in [0.5, 0.6) is 0 Å². The van der Waals surface area contributed by atoms with Crippen LogP contribution in [0.3, 0.4) is 0 Å². The Morgan fingerprint density at radius 3 is 2.16 bits per heavy atom. The van der Waals surface area contributed by atoms with E-state index >= 15 is 0 Å². The minimum atomic E-state index is -5.72. The van der Waals surface area contributed by atoms with Gasteiger partial charge in [-0.2, -0.15) is 26.3 Å². The zero-order valence-electron chi connectivity index (χ0n) is 21.9. The summed E-state index contributed by atoms with van der Waals surface area (Å²) in [5.41, 5.74) is 3.37. The lowest BCUT2D eigenvalue weighted by molar-refractivity contribution is -0.308. The lowest BCUT2D eigenvalue weighted by atomic mass is 9.84. The Morgan fingerprint density at radius 1 is 0.947 bits per heavy atom. The molecule has 0 bridgehead atoms. The number of amides is 1. The lowest BCUT2D eigenvalue weighted by Gasteiger charge is -2.45. The monoisotopic (exact) mass is 550 g/mol. The van der Waals surface area contributed by atoms with Crippen molar-refractivity contribution in [3.05, 3.63) is 29.3 Å². The van der Waals surface area contributed by atoms with Crippen molar-refractivity contribution < 1.29 is 35.9 Å². The molecule has 0 atom stereocenters. The van der Waals surface area contributed by atoms with E-state index in [0.717, 1.165) is 57.0 Å². The van der Waals surface area contributed by atoms with Crippen molar-refractivity contribution in [2.75, 3.05) is 57.3 Å². The number of piperazine rings is 1. The Kier molecular flexibility index (Phi) is 8.42. The van der Waals surface area contributed by atoms with Crippen molar-refractivity contribution in [3.8, 4) is 0 Å². The van der Waals surface area contributed by atoms with Crippen LogP contribution in [0.1, 0.15) is 43.7 Å². The molecular weight excluding hydrogens is 514 g/mol. The topological polar surface area (TPSA) is 39.3 Å². The van der Waals surface area contributed by atoms with Gasteiger partial charge < -0.3 is 19.4 Å². The van der Waals surface area contributed by atoms with Crippen LogP contribution in [0.15, 0.2) is 18.2 Å². The van der Waals surface area contributed by atoms with Crippen molar-refractivity contribution >= 4 is 11.8 Å². The van der Waals surface area contributed by atoms with Crippen molar-refractivity contribution in [2.24, 2.45) is 0 Å². The SMILES string of the molecule is CCN1CCN(c2cc(C)ccc2CN2CCCC23CCN(C(=O)OC(C(F)(F)F)C(F)(F)F)CC3)CC1. The lowest BCUT2D eigenvalue weighted by Crippen LogP contribution is -2.54. The Balaban J connectivity index is 1.42. The summed E-state index contributed by atoms with van der Waals surface area (Å²) in [5.74, 6) is 0. The molecule has 3 aliphatic rings. The Bertz CT molecular complexity index is 955. The molecule has 0 unspecified atom stereocenters. The van der Waals surface area contributed by atoms with Gasteiger partial charge in [0.1, 0.15) is 0 Å². The number of carbonyl (C=O) groups excluding carboxylic acids is 1. The smallest absolute Gasteiger partial charge is 0.426 e. The third kappa shape index (κ3) is 6.32. The van der Waals surface area contributed by atoms with Crippen LogP contribution in [-0.4, -0.2) is 97.1 Å². The van der Waals surface area contributed by atoms with Gasteiger partial charge in [0.05, 0.1) is 0 Å². The normalized spacial score (nSPS) is 21.5. The van der Waals surface area contributed by atoms with Crippen LogP contribution < -0.4 is 4.90 Å². The van der Waals surface area contributed by atoms with Gasteiger partial charge in [0.25, 0.3) is 6.10 Å². The number of hydrogen-bond acceptors (Lipinski definition) is 5. The molecule has 3 heterocycles. The molecule has 0 saturated carbocycles. The number of ether oxygens (including phenoxy) is 1. The average molecular weight is 551 g/mol. The van der Waals surface area contributed by atoms with Gasteiger partial charge in [0.15, 0.2) is 0 Å². The van der Waals surface area contributed by atoms with Crippen molar-refractivity contribution in [1.29, 1.82) is 0 Å². The quantitative estimate of drug-likeness (QED) is 0.472. The Hall–Kier alpha value is -2.21. The number of rotatable bonds is 5. The van der Waals surface area contributed by atoms with Crippen molar-refractivity contribution in [2.45, 2.75) is 70.1 Å². The summed E-state index contributed by atoms with van der Waals surface area (Å²) in [4.78, 5) is 20.5. The predicted octanol–water partition coefficient (Wildman–Crippen LogP) is 5.20. The number of piperidine rings is 1. The van der Waals surface area contributed by atoms with E-state index in [1.165, 1.54) is 16.8 Å². The van der Waals surface area contributed by atoms with E-state index in [4.69, 9.17) is 0 Å². The highest BCUT2D eigenvalue weighted by Crippen LogP contribution is 2.41. The van der Waals surface area contributed by atoms with Gasteiger partial charge in [-0.05, 0) is 62.9 Å². The van der Waals surface area contributed by atoms with Gasteiger partial charge in [-0.25, -0.2) is 4.79 Å². The fourth-order valence-corrected chi connectivity index (χ4v) is 6.02. The first-order valence-electron chi connectivity index (χ1n) is 13.2. The number of carbonyl (C=O) groups is 1. The fraction of sp³-hybridized carbons (Fsp3) is 0.731. The van der Waals surface area contributed by atoms with Gasteiger partial charge >= 0.3 is 18.4 Å². The minimum absolute atomic E-state index is 0.0531. The average Bonchev–Trinajstić information content (AvgIpc) is 3.23. The Morgan fingerprint density at radius 2 is 1.58 bits per heavy atom. The third-order valence-electron chi connectivity index (χ3n) is 8.27. The first kappa shape index (κ1) is 28.8. The molecule has 1 amide bonds. The van der Waals surface area contributed by atoms with Crippen LogP contribution >= 0.6 is 0 Å². The number of anilines is 1. The van der Waals surface area contributed by atoms with Gasteiger partial charge in [-0.15, -0.1) is 0 Å². The molecule has 3 fully saturated rings. The molecule has 4 rings (SSSR count). The highest BCUT2D eigenvalue weighted by atomic mass is 19.4. The fourth-order valence-electron chi connectivity index (χ4n) is 6.02. The summed E-state index contributed by atoms with van der Waals surface area (Å²) < 4.78 is 81.0. The van der Waals surface area contributed by atoms with Crippen molar-refractivity contribution in [1.82, 2.24) is 14.7 Å². The highest BCUT2D eigenvalue weighted by molar-refractivity contribution is 5.68. The van der Waals surface area contributed by atoms with E-state index in [1.807, 2.05) is 0 Å². The molecule has 12 heteroatoms. The summed E-state index contributed by atoms with van der Waals surface area (Å²) in [6.07, 6.45) is -14.4. The van der Waals surface area contributed by atoms with Crippen LogP contribution in [0, 0.1) is 6.92 Å². The second-order valence-corrected chi connectivity index (χ2v) is 10.6. The maximum Gasteiger partial charge on any atom is 0.434 e. The summed E-state index contributed by atoms with van der Waals surface area (Å²) in [5, 5.41) is 0. The molecule has 214 valence electrons. The number of likely N-dealkylation sites (tertiary alicyclic amines) is 2. The number of halogens is 6. The first-order chi connectivity index (χ1) is 17.8. The molecule has 0 N–H and O–H groups in total. The third-order valence-corrected chi connectivity index (χ3v) is 8.27. The van der Waals surface area contributed by atoms with E-state index in [-0.39, 0.29) is 18.6 Å². The minimum Gasteiger partial charge on any atom is -0.426 e. The maximum atomic E-state index is 12.8. The molecule has 6 nitrogen and oxygen atoms in total. The summed E-state index contributed by atoms with van der Waals surface area (Å²) in [7, 11) is 0. The van der Waals surface area contributed by atoms with Gasteiger partial charge in [0, 0.05) is 57.0 Å². The maximum absolute atomic E-state index is 12.8. The molecule has 38 heavy (non-hydrogen) atoms.